The maximum Gasteiger partial charge on any atom is 0.219 e. The second-order valence-electron chi connectivity index (χ2n) is 6.98. The zero-order valence-corrected chi connectivity index (χ0v) is 15.2. The van der Waals surface area contributed by atoms with Gasteiger partial charge >= 0.3 is 0 Å². The Labute approximate surface area is 155 Å². The van der Waals surface area contributed by atoms with Crippen LogP contribution in [0.15, 0.2) is 48.5 Å². The summed E-state index contributed by atoms with van der Waals surface area (Å²) >= 11 is 0. The number of pyridine rings is 1. The van der Waals surface area contributed by atoms with Gasteiger partial charge in [0.2, 0.25) is 5.88 Å². The van der Waals surface area contributed by atoms with E-state index in [2.05, 4.69) is 30.1 Å². The normalized spacial score (nSPS) is 14.7. The highest BCUT2D eigenvalue weighted by Gasteiger charge is 2.17. The van der Waals surface area contributed by atoms with Gasteiger partial charge in [-0.3, -0.25) is 0 Å². The zero-order chi connectivity index (χ0) is 17.9. The molecule has 0 spiro atoms. The molecule has 0 saturated heterocycles. The molecule has 1 aliphatic carbocycles. The highest BCUT2D eigenvalue weighted by Crippen LogP contribution is 2.30. The summed E-state index contributed by atoms with van der Waals surface area (Å²) in [7, 11) is 0. The summed E-state index contributed by atoms with van der Waals surface area (Å²) in [6.07, 6.45) is 6.01. The standard InChI is InChI=1S/C23H24NO2/c1-3-17-8-11-21-18(15-17)9-13-23(24-21)26-22-12-10-20(14-16(22)2)25-19-6-4-5-7-19/h8-15,19H,1,3-7H2,2H3. The molecule has 3 nitrogen and oxygen atoms in total. The Hall–Kier alpha value is -2.55. The first-order valence-corrected chi connectivity index (χ1v) is 9.35. The van der Waals surface area contributed by atoms with Crippen LogP contribution in [0.1, 0.15) is 36.8 Å². The maximum absolute atomic E-state index is 6.06. The Balaban J connectivity index is 1.51. The summed E-state index contributed by atoms with van der Waals surface area (Å²) in [6, 6.07) is 16.2. The van der Waals surface area contributed by atoms with Crippen LogP contribution in [0, 0.1) is 13.8 Å². The lowest BCUT2D eigenvalue weighted by Gasteiger charge is -2.15. The summed E-state index contributed by atoms with van der Waals surface area (Å²) < 4.78 is 12.1. The van der Waals surface area contributed by atoms with Crippen molar-refractivity contribution in [2.24, 2.45) is 0 Å². The molecule has 0 N–H and O–H groups in total. The van der Waals surface area contributed by atoms with E-state index in [-0.39, 0.29) is 0 Å². The molecule has 26 heavy (non-hydrogen) atoms. The number of aromatic nitrogens is 1. The first-order valence-electron chi connectivity index (χ1n) is 9.35. The van der Waals surface area contributed by atoms with Gasteiger partial charge in [0.25, 0.3) is 0 Å². The molecule has 1 aliphatic rings. The predicted molar refractivity (Wildman–Crippen MR) is 105 cm³/mol. The summed E-state index contributed by atoms with van der Waals surface area (Å²) in [6.45, 7) is 5.97. The van der Waals surface area contributed by atoms with Crippen LogP contribution in [-0.2, 0) is 6.42 Å². The highest BCUT2D eigenvalue weighted by molar-refractivity contribution is 5.79. The molecule has 0 bridgehead atoms. The Morgan fingerprint density at radius 2 is 1.88 bits per heavy atom. The van der Waals surface area contributed by atoms with Crippen molar-refractivity contribution in [2.45, 2.75) is 45.1 Å². The second kappa shape index (κ2) is 7.36. The molecule has 1 fully saturated rings. The van der Waals surface area contributed by atoms with Crippen molar-refractivity contribution < 1.29 is 9.47 Å². The molecular weight excluding hydrogens is 322 g/mol. The number of hydrogen-bond acceptors (Lipinski definition) is 3. The zero-order valence-electron chi connectivity index (χ0n) is 15.2. The summed E-state index contributed by atoms with van der Waals surface area (Å²) in [5.41, 5.74) is 3.19. The van der Waals surface area contributed by atoms with E-state index in [4.69, 9.17) is 9.47 Å². The third-order valence-electron chi connectivity index (χ3n) is 4.98. The van der Waals surface area contributed by atoms with Gasteiger partial charge in [0, 0.05) is 11.5 Å². The predicted octanol–water partition coefficient (Wildman–Crippen LogP) is 6.03. The smallest absolute Gasteiger partial charge is 0.219 e. The quantitative estimate of drug-likeness (QED) is 0.565. The lowest BCUT2D eigenvalue weighted by Crippen LogP contribution is -2.10. The Morgan fingerprint density at radius 3 is 2.65 bits per heavy atom. The fourth-order valence-corrected chi connectivity index (χ4v) is 3.49. The van der Waals surface area contributed by atoms with Gasteiger partial charge in [-0.2, -0.15) is 0 Å². The molecule has 0 atom stereocenters. The van der Waals surface area contributed by atoms with Gasteiger partial charge in [0.15, 0.2) is 0 Å². The van der Waals surface area contributed by atoms with Crippen LogP contribution < -0.4 is 9.47 Å². The molecule has 0 aliphatic heterocycles. The van der Waals surface area contributed by atoms with E-state index in [9.17, 15) is 0 Å². The molecule has 1 aromatic heterocycles. The minimum absolute atomic E-state index is 0.367. The van der Waals surface area contributed by atoms with Gasteiger partial charge in [-0.1, -0.05) is 6.07 Å². The molecule has 1 radical (unpaired) electrons. The van der Waals surface area contributed by atoms with Crippen LogP contribution >= 0.6 is 0 Å². The summed E-state index contributed by atoms with van der Waals surface area (Å²) in [5, 5.41) is 1.11. The van der Waals surface area contributed by atoms with E-state index in [0.29, 0.717) is 12.0 Å². The largest absolute Gasteiger partial charge is 0.490 e. The molecule has 1 heterocycles. The van der Waals surface area contributed by atoms with Gasteiger partial charge in [-0.25, -0.2) is 4.98 Å². The minimum atomic E-state index is 0.367. The van der Waals surface area contributed by atoms with Crippen LogP contribution in [-0.4, -0.2) is 11.1 Å². The molecule has 1 saturated carbocycles. The van der Waals surface area contributed by atoms with Crippen molar-refractivity contribution >= 4 is 10.9 Å². The molecule has 0 unspecified atom stereocenters. The molecule has 133 valence electrons. The van der Waals surface area contributed by atoms with Gasteiger partial charge in [0.05, 0.1) is 11.6 Å². The average molecular weight is 346 g/mol. The molecular formula is C23H24NO2. The van der Waals surface area contributed by atoms with Gasteiger partial charge in [0.1, 0.15) is 11.5 Å². The van der Waals surface area contributed by atoms with Crippen molar-refractivity contribution in [1.82, 2.24) is 4.98 Å². The number of nitrogens with zero attached hydrogens (tertiary/aromatic N) is 1. The number of ether oxygens (including phenoxy) is 2. The lowest BCUT2D eigenvalue weighted by atomic mass is 10.1. The first kappa shape index (κ1) is 16.9. The molecule has 3 aromatic rings. The second-order valence-corrected chi connectivity index (χ2v) is 6.98. The van der Waals surface area contributed by atoms with Crippen molar-refractivity contribution in [3.05, 3.63) is 66.6 Å². The summed E-state index contributed by atoms with van der Waals surface area (Å²) in [5.74, 6) is 2.34. The number of rotatable bonds is 5. The van der Waals surface area contributed by atoms with E-state index in [0.717, 1.165) is 47.2 Å². The number of aryl methyl sites for hydroxylation is 1. The third-order valence-corrected chi connectivity index (χ3v) is 4.98. The Bertz CT molecular complexity index is 913. The molecule has 3 heteroatoms. The van der Waals surface area contributed by atoms with E-state index >= 15 is 0 Å². The maximum atomic E-state index is 6.06. The minimum Gasteiger partial charge on any atom is -0.490 e. The fraction of sp³-hybridized carbons (Fsp3) is 0.304. The Kier molecular flexibility index (Phi) is 4.79. The molecule has 4 rings (SSSR count). The fourth-order valence-electron chi connectivity index (χ4n) is 3.49. The third kappa shape index (κ3) is 3.67. The average Bonchev–Trinajstić information content (AvgIpc) is 3.16. The van der Waals surface area contributed by atoms with Gasteiger partial charge in [-0.15, -0.1) is 0 Å². The SMILES string of the molecule is [CH2]Cc1ccc2nc(Oc3ccc(OC4CCCC4)cc3C)ccc2c1. The van der Waals surface area contributed by atoms with Crippen molar-refractivity contribution in [2.75, 3.05) is 0 Å². The summed E-state index contributed by atoms with van der Waals surface area (Å²) in [4.78, 5) is 4.62. The van der Waals surface area contributed by atoms with Crippen LogP contribution in [0.5, 0.6) is 17.4 Å². The van der Waals surface area contributed by atoms with Gasteiger partial charge in [-0.05, 0) is 93.5 Å². The lowest BCUT2D eigenvalue weighted by molar-refractivity contribution is 0.209. The number of fused-ring (bicyclic) bond motifs is 1. The number of hydrogen-bond donors (Lipinski definition) is 0. The topological polar surface area (TPSA) is 31.4 Å². The molecule has 2 aromatic carbocycles. The van der Waals surface area contributed by atoms with E-state index in [1.54, 1.807) is 0 Å². The van der Waals surface area contributed by atoms with Crippen LogP contribution in [0.2, 0.25) is 0 Å². The Morgan fingerprint density at radius 1 is 1.04 bits per heavy atom. The molecule has 0 amide bonds. The van der Waals surface area contributed by atoms with E-state index < -0.39 is 0 Å². The highest BCUT2D eigenvalue weighted by atomic mass is 16.5. The van der Waals surface area contributed by atoms with Crippen LogP contribution in [0.3, 0.4) is 0 Å². The van der Waals surface area contributed by atoms with Crippen molar-refractivity contribution in [3.8, 4) is 17.4 Å². The monoisotopic (exact) mass is 346 g/mol. The van der Waals surface area contributed by atoms with Crippen molar-refractivity contribution in [1.29, 1.82) is 0 Å². The van der Waals surface area contributed by atoms with E-state index in [1.807, 2.05) is 37.3 Å². The number of benzene rings is 2. The van der Waals surface area contributed by atoms with Crippen LogP contribution in [0.25, 0.3) is 10.9 Å². The van der Waals surface area contributed by atoms with Crippen molar-refractivity contribution in [3.63, 3.8) is 0 Å². The van der Waals surface area contributed by atoms with E-state index in [1.165, 1.54) is 18.4 Å². The van der Waals surface area contributed by atoms with Crippen LogP contribution in [0.4, 0.5) is 0 Å². The van der Waals surface area contributed by atoms with Gasteiger partial charge < -0.3 is 9.47 Å². The first-order chi connectivity index (χ1) is 12.7.